The Bertz CT molecular complexity index is 1180. The van der Waals surface area contributed by atoms with Crippen LogP contribution in [0.4, 0.5) is 26.3 Å². The van der Waals surface area contributed by atoms with Gasteiger partial charge in [-0.15, -0.1) is 0 Å². The number of carboxylic acids is 2. The molecule has 39 heavy (non-hydrogen) atoms. The quantitative estimate of drug-likeness (QED) is 0.155. The molecule has 2 atom stereocenters. The first kappa shape index (κ1) is 32.4. The van der Waals surface area contributed by atoms with E-state index in [1.165, 1.54) is 0 Å². The molecule has 0 aromatic heterocycles. The molecule has 0 aliphatic heterocycles. The summed E-state index contributed by atoms with van der Waals surface area (Å²) in [7, 11) is 0. The molecule has 0 saturated heterocycles. The van der Waals surface area contributed by atoms with Gasteiger partial charge in [0.25, 0.3) is 0 Å². The fourth-order valence-electron chi connectivity index (χ4n) is 3.00. The lowest BCUT2D eigenvalue weighted by Gasteiger charge is -2.06. The van der Waals surface area contributed by atoms with Crippen LogP contribution in [0.25, 0.3) is 0 Å². The Kier molecular flexibility index (Phi) is 11.9. The van der Waals surface area contributed by atoms with Crippen LogP contribution in [-0.2, 0) is 20.9 Å². The summed E-state index contributed by atoms with van der Waals surface area (Å²) in [6.45, 7) is 0.494. The van der Waals surface area contributed by atoms with E-state index in [2.05, 4.69) is 15.5 Å². The predicted molar refractivity (Wildman–Crippen MR) is 127 cm³/mol. The van der Waals surface area contributed by atoms with Gasteiger partial charge in [0.05, 0.1) is 12.4 Å². The van der Waals surface area contributed by atoms with Gasteiger partial charge in [-0.25, -0.2) is 9.59 Å². The van der Waals surface area contributed by atoms with Gasteiger partial charge in [-0.1, -0.05) is 36.4 Å². The summed E-state index contributed by atoms with van der Waals surface area (Å²) in [6, 6.07) is 15.7. The molecule has 16 heteroatoms. The van der Waals surface area contributed by atoms with Crippen molar-refractivity contribution in [3.63, 3.8) is 0 Å². The van der Waals surface area contributed by atoms with Crippen LogP contribution in [0.2, 0.25) is 0 Å². The minimum Gasteiger partial charge on any atom is -0.475 e. The zero-order chi connectivity index (χ0) is 29.8. The molecule has 2 aromatic rings. The van der Waals surface area contributed by atoms with Crippen LogP contribution in [0.1, 0.15) is 34.6 Å². The van der Waals surface area contributed by atoms with Gasteiger partial charge in [-0.05, 0) is 46.7 Å². The van der Waals surface area contributed by atoms with Crippen molar-refractivity contribution >= 4 is 30.3 Å². The number of nitrogens with one attached hydrogen (secondary N) is 1. The number of carbonyl (C=O) groups excluding carboxylic acids is 1. The average Bonchev–Trinajstić information content (AvgIpc) is 3.64. The second-order valence-electron chi connectivity index (χ2n) is 7.74. The number of hydrazone groups is 2. The molecule has 1 aliphatic carbocycles. The van der Waals surface area contributed by atoms with Gasteiger partial charge in [0, 0.05) is 12.5 Å². The third kappa shape index (κ3) is 12.0. The SMILES string of the molecule is NN=Cc1cccc(CNC(=O)[C@@H]2C[C@H]2c2cccc(C=NN)c2)c1.O=C(O)C(F)(F)F.O=C(O)C(F)(F)F. The van der Waals surface area contributed by atoms with Crippen molar-refractivity contribution in [1.82, 2.24) is 5.32 Å². The second-order valence-corrected chi connectivity index (χ2v) is 7.74. The number of amides is 1. The lowest BCUT2D eigenvalue weighted by Crippen LogP contribution is -2.24. The first-order chi connectivity index (χ1) is 18.1. The third-order valence-corrected chi connectivity index (χ3v) is 4.82. The van der Waals surface area contributed by atoms with Crippen molar-refractivity contribution in [2.24, 2.45) is 27.8 Å². The molecule has 0 heterocycles. The van der Waals surface area contributed by atoms with Crippen LogP contribution in [-0.4, -0.2) is 52.8 Å². The van der Waals surface area contributed by atoms with E-state index in [0.717, 1.165) is 28.7 Å². The Hall–Kier alpha value is -4.63. The van der Waals surface area contributed by atoms with Crippen LogP contribution in [0.3, 0.4) is 0 Å². The Balaban J connectivity index is 0.000000449. The lowest BCUT2D eigenvalue weighted by atomic mass is 10.1. The van der Waals surface area contributed by atoms with E-state index < -0.39 is 24.3 Å². The van der Waals surface area contributed by atoms with Gasteiger partial charge in [-0.2, -0.15) is 36.5 Å². The predicted octanol–water partition coefficient (Wildman–Crippen LogP) is 2.96. The number of nitrogens with two attached hydrogens (primary N) is 2. The molecule has 0 spiro atoms. The van der Waals surface area contributed by atoms with E-state index in [1.807, 2.05) is 48.5 Å². The molecule has 0 radical (unpaired) electrons. The molecule has 7 N–H and O–H groups in total. The summed E-state index contributed by atoms with van der Waals surface area (Å²) in [5.41, 5.74) is 4.03. The van der Waals surface area contributed by atoms with Crippen LogP contribution >= 0.6 is 0 Å². The molecular weight excluding hydrogens is 540 g/mol. The van der Waals surface area contributed by atoms with Gasteiger partial charge in [-0.3, -0.25) is 4.79 Å². The molecule has 1 fully saturated rings. The van der Waals surface area contributed by atoms with Crippen LogP contribution < -0.4 is 17.0 Å². The molecule has 0 bridgehead atoms. The Labute approximate surface area is 217 Å². The topological polar surface area (TPSA) is 180 Å². The van der Waals surface area contributed by atoms with E-state index in [-0.39, 0.29) is 17.7 Å². The largest absolute Gasteiger partial charge is 0.490 e. The molecule has 212 valence electrons. The van der Waals surface area contributed by atoms with Crippen molar-refractivity contribution in [1.29, 1.82) is 0 Å². The molecule has 3 rings (SSSR count). The van der Waals surface area contributed by atoms with Gasteiger partial charge in [0.15, 0.2) is 0 Å². The van der Waals surface area contributed by atoms with E-state index in [4.69, 9.17) is 31.5 Å². The van der Waals surface area contributed by atoms with Gasteiger partial charge < -0.3 is 27.2 Å². The summed E-state index contributed by atoms with van der Waals surface area (Å²) in [6.07, 6.45) is -6.10. The molecule has 1 aliphatic rings. The number of rotatable bonds is 6. The average molecular weight is 563 g/mol. The van der Waals surface area contributed by atoms with E-state index in [0.29, 0.717) is 6.54 Å². The second kappa shape index (κ2) is 14.3. The van der Waals surface area contributed by atoms with Crippen LogP contribution in [0.15, 0.2) is 58.7 Å². The number of hydrogen-bond acceptors (Lipinski definition) is 7. The fourth-order valence-corrected chi connectivity index (χ4v) is 3.00. The summed E-state index contributed by atoms with van der Waals surface area (Å²) in [5.74, 6) is 5.22. The van der Waals surface area contributed by atoms with Crippen molar-refractivity contribution < 1.29 is 50.9 Å². The van der Waals surface area contributed by atoms with Crippen molar-refractivity contribution in [2.45, 2.75) is 31.2 Å². The summed E-state index contributed by atoms with van der Waals surface area (Å²) in [5, 5.41) is 24.3. The minimum atomic E-state index is -5.08. The van der Waals surface area contributed by atoms with Crippen molar-refractivity contribution in [3.05, 3.63) is 70.8 Å². The van der Waals surface area contributed by atoms with E-state index in [1.54, 1.807) is 12.4 Å². The first-order valence-corrected chi connectivity index (χ1v) is 10.6. The molecule has 0 unspecified atom stereocenters. The normalized spacial score (nSPS) is 16.5. The molecule has 1 amide bonds. The number of halogens is 6. The highest BCUT2D eigenvalue weighted by Crippen LogP contribution is 2.47. The van der Waals surface area contributed by atoms with Crippen molar-refractivity contribution in [2.75, 3.05) is 0 Å². The number of nitrogens with zero attached hydrogens (tertiary/aromatic N) is 2. The highest BCUT2D eigenvalue weighted by molar-refractivity contribution is 5.84. The number of carbonyl (C=O) groups is 3. The zero-order valence-electron chi connectivity index (χ0n) is 19.8. The number of aliphatic carboxylic acids is 2. The Morgan fingerprint density at radius 1 is 0.872 bits per heavy atom. The maximum absolute atomic E-state index is 12.4. The number of hydrogen-bond donors (Lipinski definition) is 5. The van der Waals surface area contributed by atoms with Crippen LogP contribution in [0.5, 0.6) is 0 Å². The summed E-state index contributed by atoms with van der Waals surface area (Å²) >= 11 is 0. The highest BCUT2D eigenvalue weighted by Gasteiger charge is 2.43. The number of carboxylic acid groups (broad SMARTS) is 2. The molecule has 10 nitrogen and oxygen atoms in total. The molecular formula is C23H23F6N5O5. The van der Waals surface area contributed by atoms with E-state index >= 15 is 0 Å². The minimum absolute atomic E-state index is 0.0267. The Morgan fingerprint density at radius 2 is 1.33 bits per heavy atom. The number of benzene rings is 2. The molecule has 1 saturated carbocycles. The van der Waals surface area contributed by atoms with Crippen LogP contribution in [0, 0.1) is 5.92 Å². The molecule has 2 aromatic carbocycles. The highest BCUT2D eigenvalue weighted by atomic mass is 19.4. The summed E-state index contributed by atoms with van der Waals surface area (Å²) < 4.78 is 63.5. The standard InChI is InChI=1S/C19H21N5O.2C2HF3O2/c20-23-11-14-4-1-3-13(7-14)10-22-19(25)18-9-17(18)16-6-2-5-15(8-16)12-24-21;2*3-2(4,5)1(6)7/h1-8,11-12,17-18H,9-10,20-21H2,(H,22,25);2*(H,6,7)/t17-,18+;;/m0../s1. The Morgan fingerprint density at radius 3 is 1.79 bits per heavy atom. The van der Waals surface area contributed by atoms with Crippen molar-refractivity contribution in [3.8, 4) is 0 Å². The lowest BCUT2D eigenvalue weighted by molar-refractivity contribution is -0.193. The van der Waals surface area contributed by atoms with Gasteiger partial charge in [0.1, 0.15) is 0 Å². The maximum Gasteiger partial charge on any atom is 0.490 e. The van der Waals surface area contributed by atoms with E-state index in [9.17, 15) is 31.1 Å². The number of alkyl halides is 6. The maximum atomic E-state index is 12.4. The smallest absolute Gasteiger partial charge is 0.475 e. The monoisotopic (exact) mass is 563 g/mol. The zero-order valence-corrected chi connectivity index (χ0v) is 19.8. The van der Waals surface area contributed by atoms with Gasteiger partial charge >= 0.3 is 24.3 Å². The third-order valence-electron chi connectivity index (χ3n) is 4.82. The summed E-state index contributed by atoms with van der Waals surface area (Å²) in [4.78, 5) is 30.2. The fraction of sp³-hybridized carbons (Fsp3) is 0.261. The first-order valence-electron chi connectivity index (χ1n) is 10.6. The van der Waals surface area contributed by atoms with Gasteiger partial charge in [0.2, 0.25) is 5.91 Å².